The number of methoxy groups -OCH3 is 2. The second-order valence-electron chi connectivity index (χ2n) is 5.23. The SMILES string of the molecule is COc1cc(CCC(=O)Nc2ccc(F)cc2C)cc(OC)c1. The Morgan fingerprint density at radius 2 is 1.74 bits per heavy atom. The zero-order valence-electron chi connectivity index (χ0n) is 13.5. The summed E-state index contributed by atoms with van der Waals surface area (Å²) in [4.78, 5) is 12.1. The van der Waals surface area contributed by atoms with Crippen LogP contribution >= 0.6 is 0 Å². The van der Waals surface area contributed by atoms with Gasteiger partial charge in [-0.2, -0.15) is 0 Å². The Hall–Kier alpha value is -2.56. The maximum absolute atomic E-state index is 13.1. The van der Waals surface area contributed by atoms with E-state index in [9.17, 15) is 9.18 Å². The van der Waals surface area contributed by atoms with E-state index >= 15 is 0 Å². The lowest BCUT2D eigenvalue weighted by atomic mass is 10.1. The molecule has 0 spiro atoms. The molecule has 0 atom stereocenters. The lowest BCUT2D eigenvalue weighted by molar-refractivity contribution is -0.116. The molecule has 0 bridgehead atoms. The Labute approximate surface area is 135 Å². The highest BCUT2D eigenvalue weighted by Gasteiger charge is 2.08. The normalized spacial score (nSPS) is 10.3. The number of halogens is 1. The highest BCUT2D eigenvalue weighted by atomic mass is 19.1. The van der Waals surface area contributed by atoms with Gasteiger partial charge >= 0.3 is 0 Å². The quantitative estimate of drug-likeness (QED) is 0.883. The summed E-state index contributed by atoms with van der Waals surface area (Å²) in [7, 11) is 3.17. The van der Waals surface area contributed by atoms with Crippen LogP contribution in [0.15, 0.2) is 36.4 Å². The van der Waals surface area contributed by atoms with E-state index in [1.165, 1.54) is 12.1 Å². The van der Waals surface area contributed by atoms with Gasteiger partial charge in [-0.1, -0.05) is 0 Å². The van der Waals surface area contributed by atoms with E-state index in [0.717, 1.165) is 5.56 Å². The first-order chi connectivity index (χ1) is 11.0. The first-order valence-corrected chi connectivity index (χ1v) is 7.30. The smallest absolute Gasteiger partial charge is 0.224 e. The Bertz CT molecular complexity index is 678. The Morgan fingerprint density at radius 3 is 2.30 bits per heavy atom. The van der Waals surface area contributed by atoms with Gasteiger partial charge in [-0.05, 0) is 54.8 Å². The summed E-state index contributed by atoms with van der Waals surface area (Å²) >= 11 is 0. The number of benzene rings is 2. The van der Waals surface area contributed by atoms with E-state index in [-0.39, 0.29) is 11.7 Å². The van der Waals surface area contributed by atoms with Gasteiger partial charge in [0.25, 0.3) is 0 Å². The zero-order chi connectivity index (χ0) is 16.8. The van der Waals surface area contributed by atoms with E-state index in [1.807, 2.05) is 12.1 Å². The fourth-order valence-electron chi connectivity index (χ4n) is 2.25. The van der Waals surface area contributed by atoms with E-state index < -0.39 is 0 Å². The largest absolute Gasteiger partial charge is 0.497 e. The molecular formula is C18H20FNO3. The molecule has 122 valence electrons. The molecule has 0 saturated heterocycles. The van der Waals surface area contributed by atoms with Crippen molar-refractivity contribution in [3.8, 4) is 11.5 Å². The Balaban J connectivity index is 1.99. The molecule has 4 nitrogen and oxygen atoms in total. The molecule has 0 aliphatic carbocycles. The van der Waals surface area contributed by atoms with Crippen molar-refractivity contribution in [2.75, 3.05) is 19.5 Å². The summed E-state index contributed by atoms with van der Waals surface area (Å²) in [5.74, 6) is 0.939. The second kappa shape index (κ2) is 7.63. The van der Waals surface area contributed by atoms with Gasteiger partial charge in [0.1, 0.15) is 17.3 Å². The lowest BCUT2D eigenvalue weighted by Gasteiger charge is -2.10. The van der Waals surface area contributed by atoms with E-state index in [0.29, 0.717) is 35.6 Å². The number of anilines is 1. The minimum atomic E-state index is -0.316. The van der Waals surface area contributed by atoms with Crippen molar-refractivity contribution in [2.24, 2.45) is 0 Å². The average Bonchev–Trinajstić information content (AvgIpc) is 2.55. The molecule has 5 heteroatoms. The van der Waals surface area contributed by atoms with E-state index in [2.05, 4.69) is 5.32 Å². The van der Waals surface area contributed by atoms with Crippen LogP contribution in [0.25, 0.3) is 0 Å². The summed E-state index contributed by atoms with van der Waals surface area (Å²) in [6.45, 7) is 1.76. The first kappa shape index (κ1) is 16.8. The predicted molar refractivity (Wildman–Crippen MR) is 87.6 cm³/mol. The van der Waals surface area contributed by atoms with Gasteiger partial charge in [0.15, 0.2) is 0 Å². The molecule has 2 aromatic carbocycles. The van der Waals surface area contributed by atoms with Crippen LogP contribution in [-0.4, -0.2) is 20.1 Å². The van der Waals surface area contributed by atoms with Crippen LogP contribution in [0.2, 0.25) is 0 Å². The molecule has 2 rings (SSSR count). The van der Waals surface area contributed by atoms with Crippen LogP contribution in [0.5, 0.6) is 11.5 Å². The summed E-state index contributed by atoms with van der Waals surface area (Å²) in [5, 5.41) is 2.80. The van der Waals surface area contributed by atoms with Crippen LogP contribution in [-0.2, 0) is 11.2 Å². The average molecular weight is 317 g/mol. The van der Waals surface area contributed by atoms with Gasteiger partial charge in [-0.3, -0.25) is 4.79 Å². The number of nitrogens with one attached hydrogen (secondary N) is 1. The molecule has 0 aromatic heterocycles. The summed E-state index contributed by atoms with van der Waals surface area (Å²) in [6.07, 6.45) is 0.868. The highest BCUT2D eigenvalue weighted by molar-refractivity contribution is 5.91. The summed E-state index contributed by atoms with van der Waals surface area (Å²) in [5.41, 5.74) is 2.27. The molecule has 2 aromatic rings. The molecule has 0 fully saturated rings. The number of hydrogen-bond donors (Lipinski definition) is 1. The van der Waals surface area contributed by atoms with Gasteiger partial charge in [-0.15, -0.1) is 0 Å². The number of aryl methyl sites for hydroxylation is 2. The van der Waals surface area contributed by atoms with Gasteiger partial charge in [-0.25, -0.2) is 4.39 Å². The molecule has 0 aliphatic heterocycles. The lowest BCUT2D eigenvalue weighted by Crippen LogP contribution is -2.13. The van der Waals surface area contributed by atoms with Gasteiger partial charge in [0.2, 0.25) is 5.91 Å². The van der Waals surface area contributed by atoms with Crippen LogP contribution in [0.3, 0.4) is 0 Å². The maximum atomic E-state index is 13.1. The molecule has 0 radical (unpaired) electrons. The predicted octanol–water partition coefficient (Wildman–Crippen LogP) is 3.72. The van der Waals surface area contributed by atoms with E-state index in [4.69, 9.17) is 9.47 Å². The van der Waals surface area contributed by atoms with Crippen LogP contribution in [0, 0.1) is 12.7 Å². The van der Waals surface area contributed by atoms with Crippen molar-refractivity contribution in [1.82, 2.24) is 0 Å². The molecule has 0 unspecified atom stereocenters. The maximum Gasteiger partial charge on any atom is 0.224 e. The Kier molecular flexibility index (Phi) is 5.57. The molecule has 0 aliphatic rings. The van der Waals surface area contributed by atoms with Crippen molar-refractivity contribution >= 4 is 11.6 Å². The highest BCUT2D eigenvalue weighted by Crippen LogP contribution is 2.23. The second-order valence-corrected chi connectivity index (χ2v) is 5.23. The van der Waals surface area contributed by atoms with Gasteiger partial charge < -0.3 is 14.8 Å². The molecule has 1 N–H and O–H groups in total. The summed E-state index contributed by atoms with van der Waals surface area (Å²) < 4.78 is 23.5. The van der Waals surface area contributed by atoms with E-state index in [1.54, 1.807) is 33.3 Å². The zero-order valence-corrected chi connectivity index (χ0v) is 13.5. The molecular weight excluding hydrogens is 297 g/mol. The monoisotopic (exact) mass is 317 g/mol. The third kappa shape index (κ3) is 4.71. The molecule has 0 saturated carbocycles. The van der Waals surface area contributed by atoms with Gasteiger partial charge in [0, 0.05) is 18.2 Å². The van der Waals surface area contributed by atoms with Crippen molar-refractivity contribution in [2.45, 2.75) is 19.8 Å². The fourth-order valence-corrected chi connectivity index (χ4v) is 2.25. The van der Waals surface area contributed by atoms with Crippen LogP contribution in [0.1, 0.15) is 17.5 Å². The van der Waals surface area contributed by atoms with Crippen molar-refractivity contribution in [3.63, 3.8) is 0 Å². The fraction of sp³-hybridized carbons (Fsp3) is 0.278. The first-order valence-electron chi connectivity index (χ1n) is 7.30. The number of carbonyl (C=O) groups is 1. The number of hydrogen-bond acceptors (Lipinski definition) is 3. The number of rotatable bonds is 6. The Morgan fingerprint density at radius 1 is 1.09 bits per heavy atom. The minimum Gasteiger partial charge on any atom is -0.497 e. The molecule has 0 heterocycles. The van der Waals surface area contributed by atoms with Crippen LogP contribution < -0.4 is 14.8 Å². The molecule has 23 heavy (non-hydrogen) atoms. The standard InChI is InChI=1S/C18H20FNO3/c1-12-8-14(19)5-6-17(12)20-18(21)7-4-13-9-15(22-2)11-16(10-13)23-3/h5-6,8-11H,4,7H2,1-3H3,(H,20,21). The van der Waals surface area contributed by atoms with Crippen molar-refractivity contribution in [3.05, 3.63) is 53.3 Å². The number of ether oxygens (including phenoxy) is 2. The number of carbonyl (C=O) groups excluding carboxylic acids is 1. The summed E-state index contributed by atoms with van der Waals surface area (Å²) in [6, 6.07) is 9.82. The topological polar surface area (TPSA) is 47.6 Å². The number of amides is 1. The van der Waals surface area contributed by atoms with Gasteiger partial charge in [0.05, 0.1) is 14.2 Å². The van der Waals surface area contributed by atoms with Crippen LogP contribution in [0.4, 0.5) is 10.1 Å². The third-order valence-electron chi connectivity index (χ3n) is 3.51. The third-order valence-corrected chi connectivity index (χ3v) is 3.51. The van der Waals surface area contributed by atoms with Crippen molar-refractivity contribution in [1.29, 1.82) is 0 Å². The minimum absolute atomic E-state index is 0.124. The van der Waals surface area contributed by atoms with Crippen molar-refractivity contribution < 1.29 is 18.7 Å². The molecule has 1 amide bonds.